The van der Waals surface area contributed by atoms with E-state index in [1.54, 1.807) is 42.5 Å². The molecule has 1 aliphatic rings. The van der Waals surface area contributed by atoms with E-state index in [0.717, 1.165) is 22.4 Å². The Balaban J connectivity index is 1.38. The van der Waals surface area contributed by atoms with Crippen molar-refractivity contribution in [1.29, 1.82) is 0 Å². The summed E-state index contributed by atoms with van der Waals surface area (Å²) in [6, 6.07) is 18.1. The van der Waals surface area contributed by atoms with Gasteiger partial charge in [0.25, 0.3) is 5.56 Å². The van der Waals surface area contributed by atoms with E-state index >= 15 is 0 Å². The molecule has 224 valence electrons. The van der Waals surface area contributed by atoms with Crippen molar-refractivity contribution in [3.8, 4) is 34.4 Å². The highest BCUT2D eigenvalue weighted by atomic mass is 79.9. The molecule has 5 aromatic rings. The van der Waals surface area contributed by atoms with Gasteiger partial charge in [0.2, 0.25) is 6.79 Å². The van der Waals surface area contributed by atoms with E-state index < -0.39 is 17.3 Å². The van der Waals surface area contributed by atoms with E-state index in [1.807, 2.05) is 6.07 Å². The lowest BCUT2D eigenvalue weighted by Gasteiger charge is -2.15. The van der Waals surface area contributed by atoms with Crippen molar-refractivity contribution in [3.05, 3.63) is 109 Å². The second kappa shape index (κ2) is 11.9. The number of para-hydroxylation sites is 1. The smallest absolute Gasteiger partial charge is 0.416 e. The quantitative estimate of drug-likeness (QED) is 0.163. The molecule has 2 heterocycles. The van der Waals surface area contributed by atoms with Crippen LogP contribution in [0.25, 0.3) is 22.3 Å². The van der Waals surface area contributed by atoms with Crippen LogP contribution in [0.1, 0.15) is 16.7 Å². The molecule has 0 fully saturated rings. The second-order valence-corrected chi connectivity index (χ2v) is 10.7. The summed E-state index contributed by atoms with van der Waals surface area (Å²) < 4.78 is 64.1. The molecule has 0 radical (unpaired) electrons. The topological polar surface area (TPSA) is 84.2 Å². The zero-order chi connectivity index (χ0) is 31.0. The summed E-state index contributed by atoms with van der Waals surface area (Å²) in [5.74, 6) is 1.72. The largest absolute Gasteiger partial charge is 0.493 e. The lowest BCUT2D eigenvalue weighted by atomic mass is 10.1. The van der Waals surface area contributed by atoms with E-state index in [-0.39, 0.29) is 46.7 Å². The lowest BCUT2D eigenvalue weighted by molar-refractivity contribution is -0.137. The van der Waals surface area contributed by atoms with Crippen molar-refractivity contribution < 1.29 is 32.1 Å². The summed E-state index contributed by atoms with van der Waals surface area (Å²) in [7, 11) is 1.44. The van der Waals surface area contributed by atoms with Crippen LogP contribution < -0.4 is 24.5 Å². The number of ether oxygens (including phenoxy) is 4. The number of benzene rings is 4. The minimum Gasteiger partial charge on any atom is -0.493 e. The Bertz CT molecular complexity index is 2000. The zero-order valence-electron chi connectivity index (χ0n) is 22.7. The van der Waals surface area contributed by atoms with Gasteiger partial charge in [0.1, 0.15) is 11.6 Å². The molecule has 44 heavy (non-hydrogen) atoms. The predicted octanol–water partition coefficient (Wildman–Crippen LogP) is 7.70. The van der Waals surface area contributed by atoms with Gasteiger partial charge in [-0.1, -0.05) is 41.9 Å². The van der Waals surface area contributed by atoms with Gasteiger partial charge in [-0.3, -0.25) is 4.79 Å². The second-order valence-electron chi connectivity index (χ2n) is 9.49. The van der Waals surface area contributed by atoms with Crippen molar-refractivity contribution in [2.75, 3.05) is 13.9 Å². The van der Waals surface area contributed by atoms with Gasteiger partial charge in [-0.25, -0.2) is 4.98 Å². The molecule has 6 rings (SSSR count). The molecule has 0 aliphatic carbocycles. The van der Waals surface area contributed by atoms with E-state index in [9.17, 15) is 18.0 Å². The fraction of sp³-hybridized carbons (Fsp3) is 0.129. The number of halogens is 5. The monoisotopic (exact) mass is 685 g/mol. The normalized spacial score (nSPS) is 12.7. The summed E-state index contributed by atoms with van der Waals surface area (Å²) in [5.41, 5.74) is 0.116. The average molecular weight is 687 g/mol. The summed E-state index contributed by atoms with van der Waals surface area (Å²) in [6.07, 6.45) is -3.26. The molecular formula is C31H20BrClF3N3O5. The Hall–Kier alpha value is -4.55. The zero-order valence-corrected chi connectivity index (χ0v) is 25.0. The Morgan fingerprint density at radius 3 is 2.66 bits per heavy atom. The first-order chi connectivity index (χ1) is 21.1. The fourth-order valence-corrected chi connectivity index (χ4v) is 5.20. The van der Waals surface area contributed by atoms with Crippen LogP contribution in [0.5, 0.6) is 23.0 Å². The summed E-state index contributed by atoms with van der Waals surface area (Å²) in [4.78, 5) is 18.0. The number of rotatable bonds is 7. The van der Waals surface area contributed by atoms with Gasteiger partial charge in [-0.2, -0.15) is 22.9 Å². The maximum absolute atomic E-state index is 13.5. The van der Waals surface area contributed by atoms with Crippen LogP contribution in [0.2, 0.25) is 5.02 Å². The molecule has 0 atom stereocenters. The molecule has 13 heteroatoms. The molecule has 4 aromatic carbocycles. The van der Waals surface area contributed by atoms with Crippen LogP contribution in [-0.4, -0.2) is 29.8 Å². The maximum Gasteiger partial charge on any atom is 0.416 e. The number of alkyl halides is 3. The molecule has 0 amide bonds. The first-order valence-corrected chi connectivity index (χ1v) is 14.1. The number of aromatic nitrogens is 2. The Labute approximate surface area is 261 Å². The van der Waals surface area contributed by atoms with Crippen molar-refractivity contribution >= 4 is 44.6 Å². The molecular weight excluding hydrogens is 667 g/mol. The molecule has 1 aliphatic heterocycles. The minimum absolute atomic E-state index is 0.0572. The summed E-state index contributed by atoms with van der Waals surface area (Å²) in [6.45, 7) is 0.295. The molecule has 0 unspecified atom stereocenters. The molecule has 0 saturated carbocycles. The van der Waals surface area contributed by atoms with Crippen molar-refractivity contribution in [1.82, 2.24) is 9.66 Å². The van der Waals surface area contributed by atoms with Gasteiger partial charge in [0, 0.05) is 15.6 Å². The highest BCUT2D eigenvalue weighted by Crippen LogP contribution is 2.43. The van der Waals surface area contributed by atoms with Crippen LogP contribution >= 0.6 is 27.5 Å². The third kappa shape index (κ3) is 5.70. The first kappa shape index (κ1) is 29.5. The van der Waals surface area contributed by atoms with Gasteiger partial charge in [0.05, 0.1) is 29.8 Å². The van der Waals surface area contributed by atoms with Crippen LogP contribution in [0.15, 0.2) is 87.2 Å². The molecule has 0 N–H and O–H groups in total. The first-order valence-electron chi connectivity index (χ1n) is 12.9. The number of methoxy groups -OCH3 is 1. The molecule has 0 saturated heterocycles. The third-order valence-electron chi connectivity index (χ3n) is 6.71. The van der Waals surface area contributed by atoms with Crippen LogP contribution in [0.3, 0.4) is 0 Å². The maximum atomic E-state index is 13.5. The van der Waals surface area contributed by atoms with Crippen LogP contribution in [0, 0.1) is 0 Å². The highest BCUT2D eigenvalue weighted by Gasteiger charge is 2.31. The van der Waals surface area contributed by atoms with Crippen molar-refractivity contribution in [2.45, 2.75) is 12.8 Å². The van der Waals surface area contributed by atoms with Gasteiger partial charge in [-0.15, -0.1) is 0 Å². The van der Waals surface area contributed by atoms with Gasteiger partial charge in [0.15, 0.2) is 28.8 Å². The minimum atomic E-state index is -4.59. The van der Waals surface area contributed by atoms with Crippen molar-refractivity contribution in [3.63, 3.8) is 0 Å². The fourth-order valence-electron chi connectivity index (χ4n) is 4.54. The molecule has 0 spiro atoms. The Morgan fingerprint density at radius 2 is 1.86 bits per heavy atom. The standard InChI is InChI=1S/C31H20BrClF3N3O5/c1-41-25-13-19(26(32)27(33)28(25)42-15-17-9-10-23-24(11-17)44-16-43-23)14-37-39-29(18-5-4-6-20(12-18)31(34,35)36)38-22-8-3-2-7-21(22)30(39)40/h2-14H,15-16H2,1H3. The van der Waals surface area contributed by atoms with Crippen molar-refractivity contribution in [2.24, 2.45) is 5.10 Å². The lowest BCUT2D eigenvalue weighted by Crippen LogP contribution is -2.20. The number of hydrogen-bond donors (Lipinski definition) is 0. The van der Waals surface area contributed by atoms with E-state index in [4.69, 9.17) is 30.5 Å². The van der Waals surface area contributed by atoms with E-state index in [1.165, 1.54) is 25.5 Å². The number of hydrogen-bond acceptors (Lipinski definition) is 7. The molecule has 0 bridgehead atoms. The summed E-state index contributed by atoms with van der Waals surface area (Å²) >= 11 is 10.1. The molecule has 8 nitrogen and oxygen atoms in total. The Morgan fingerprint density at radius 1 is 1.07 bits per heavy atom. The van der Waals surface area contributed by atoms with Gasteiger partial charge in [-0.05, 0) is 64.0 Å². The molecule has 1 aromatic heterocycles. The third-order valence-corrected chi connectivity index (χ3v) is 8.15. The van der Waals surface area contributed by atoms with E-state index in [0.29, 0.717) is 27.1 Å². The highest BCUT2D eigenvalue weighted by molar-refractivity contribution is 9.10. The SMILES string of the molecule is COc1cc(C=Nn2c(-c3cccc(C(F)(F)F)c3)nc3ccccc3c2=O)c(Br)c(Cl)c1OCc1ccc2c(c1)OCO2. The number of nitrogens with zero attached hydrogens (tertiary/aromatic N) is 3. The van der Waals surface area contributed by atoms with Crippen LogP contribution in [-0.2, 0) is 12.8 Å². The van der Waals surface area contributed by atoms with E-state index in [2.05, 4.69) is 26.0 Å². The van der Waals surface area contributed by atoms with Gasteiger partial charge < -0.3 is 18.9 Å². The average Bonchev–Trinajstić information content (AvgIpc) is 3.49. The summed E-state index contributed by atoms with van der Waals surface area (Å²) in [5, 5.41) is 4.77. The number of fused-ring (bicyclic) bond motifs is 2. The predicted molar refractivity (Wildman–Crippen MR) is 162 cm³/mol. The van der Waals surface area contributed by atoms with Crippen LogP contribution in [0.4, 0.5) is 13.2 Å². The van der Waals surface area contributed by atoms with Gasteiger partial charge >= 0.3 is 6.18 Å². The Kier molecular flexibility index (Phi) is 7.95.